The van der Waals surface area contributed by atoms with Crippen LogP contribution in [0.4, 0.5) is 0 Å². The molecule has 1 fully saturated rings. The van der Waals surface area contributed by atoms with Gasteiger partial charge in [0.1, 0.15) is 4.90 Å². The third-order valence-corrected chi connectivity index (χ3v) is 3.62. The zero-order valence-corrected chi connectivity index (χ0v) is 8.76. The van der Waals surface area contributed by atoms with Crippen molar-refractivity contribution < 1.29 is 8.42 Å². The largest absolute Gasteiger partial charge is 0.316 e. The van der Waals surface area contributed by atoms with Crippen molar-refractivity contribution in [3.8, 4) is 0 Å². The lowest BCUT2D eigenvalue weighted by Crippen LogP contribution is -2.10. The Morgan fingerprint density at radius 2 is 2.36 bits per heavy atom. The van der Waals surface area contributed by atoms with Gasteiger partial charge in [-0.25, -0.2) is 8.42 Å². The van der Waals surface area contributed by atoms with Gasteiger partial charge in [0, 0.05) is 18.7 Å². The van der Waals surface area contributed by atoms with Crippen LogP contribution in [0.1, 0.15) is 18.0 Å². The molecule has 5 nitrogen and oxygen atoms in total. The van der Waals surface area contributed by atoms with E-state index in [0.29, 0.717) is 4.90 Å². The van der Waals surface area contributed by atoms with Gasteiger partial charge in [-0.15, -0.1) is 0 Å². The maximum atomic E-state index is 11.4. The van der Waals surface area contributed by atoms with Gasteiger partial charge in [0.25, 0.3) is 0 Å². The second-order valence-corrected chi connectivity index (χ2v) is 5.59. The van der Waals surface area contributed by atoms with Crippen LogP contribution >= 0.6 is 0 Å². The fourth-order valence-corrected chi connectivity index (χ4v) is 2.63. The van der Waals surface area contributed by atoms with Gasteiger partial charge in [0.15, 0.2) is 9.84 Å². The molecule has 78 valence electrons. The number of nitrogens with one attached hydrogen (secondary N) is 2. The summed E-state index contributed by atoms with van der Waals surface area (Å²) < 4.78 is 22.8. The maximum absolute atomic E-state index is 11.4. The van der Waals surface area contributed by atoms with E-state index in [4.69, 9.17) is 0 Å². The fourth-order valence-electron chi connectivity index (χ4n) is 1.77. The van der Waals surface area contributed by atoms with E-state index in [9.17, 15) is 8.42 Å². The number of aromatic amines is 1. The average Bonchev–Trinajstić information content (AvgIpc) is 2.73. The van der Waals surface area contributed by atoms with Crippen molar-refractivity contribution in [1.82, 2.24) is 15.5 Å². The Hall–Kier alpha value is -0.880. The molecular formula is C8H13N3O2S. The Bertz CT molecular complexity index is 418. The highest BCUT2D eigenvalue weighted by Crippen LogP contribution is 2.25. The molecule has 1 aromatic rings. The molecule has 0 aromatic carbocycles. The van der Waals surface area contributed by atoms with Gasteiger partial charge in [-0.1, -0.05) is 0 Å². The van der Waals surface area contributed by atoms with E-state index >= 15 is 0 Å². The zero-order valence-electron chi connectivity index (χ0n) is 7.95. The van der Waals surface area contributed by atoms with Crippen molar-refractivity contribution in [3.63, 3.8) is 0 Å². The lowest BCUT2D eigenvalue weighted by molar-refractivity contribution is 0.598. The molecule has 2 heterocycles. The van der Waals surface area contributed by atoms with E-state index in [1.165, 1.54) is 12.5 Å². The van der Waals surface area contributed by atoms with Crippen LogP contribution in [-0.2, 0) is 9.84 Å². The zero-order chi connectivity index (χ0) is 10.2. The molecule has 0 aliphatic carbocycles. The third kappa shape index (κ3) is 1.67. The van der Waals surface area contributed by atoms with Gasteiger partial charge in [-0.3, -0.25) is 5.10 Å². The quantitative estimate of drug-likeness (QED) is 0.722. The lowest BCUT2D eigenvalue weighted by Gasteiger charge is -2.07. The third-order valence-electron chi connectivity index (χ3n) is 2.50. The predicted molar refractivity (Wildman–Crippen MR) is 51.9 cm³/mol. The Morgan fingerprint density at radius 3 is 2.93 bits per heavy atom. The number of rotatable bonds is 2. The molecule has 2 N–H and O–H groups in total. The minimum atomic E-state index is -3.15. The number of hydrogen-bond acceptors (Lipinski definition) is 4. The minimum Gasteiger partial charge on any atom is -0.316 e. The molecule has 0 spiro atoms. The summed E-state index contributed by atoms with van der Waals surface area (Å²) >= 11 is 0. The lowest BCUT2D eigenvalue weighted by atomic mass is 10.1. The Kier molecular flexibility index (Phi) is 2.32. The molecule has 0 bridgehead atoms. The van der Waals surface area contributed by atoms with Crippen LogP contribution in [-0.4, -0.2) is 38.0 Å². The molecule has 1 aliphatic heterocycles. The van der Waals surface area contributed by atoms with Gasteiger partial charge in [0.05, 0.1) is 11.9 Å². The summed E-state index contributed by atoms with van der Waals surface area (Å²) in [4.78, 5) is 0.339. The highest BCUT2D eigenvalue weighted by atomic mass is 32.2. The molecule has 0 unspecified atom stereocenters. The van der Waals surface area contributed by atoms with Crippen LogP contribution in [0.5, 0.6) is 0 Å². The molecule has 1 atom stereocenters. The van der Waals surface area contributed by atoms with Crippen molar-refractivity contribution in [2.75, 3.05) is 19.3 Å². The van der Waals surface area contributed by atoms with E-state index in [1.807, 2.05) is 0 Å². The molecular weight excluding hydrogens is 202 g/mol. The summed E-state index contributed by atoms with van der Waals surface area (Å²) in [5, 5.41) is 9.78. The Balaban J connectivity index is 2.39. The monoisotopic (exact) mass is 215 g/mol. The standard InChI is InChI=1S/C8H13N3O2S/c1-14(12,13)7-5-10-11-8(7)6-2-3-9-4-6/h5-6,9H,2-4H2,1H3,(H,10,11)/t6-/m0/s1. The van der Waals surface area contributed by atoms with E-state index < -0.39 is 9.84 Å². The summed E-state index contributed by atoms with van der Waals surface area (Å²) in [5.41, 5.74) is 0.748. The molecule has 14 heavy (non-hydrogen) atoms. The summed E-state index contributed by atoms with van der Waals surface area (Å²) in [6.07, 6.45) is 3.57. The number of aromatic nitrogens is 2. The molecule has 2 rings (SSSR count). The van der Waals surface area contributed by atoms with Crippen molar-refractivity contribution in [2.24, 2.45) is 0 Å². The first kappa shape index (κ1) is 9.67. The molecule has 6 heteroatoms. The van der Waals surface area contributed by atoms with Crippen LogP contribution < -0.4 is 5.32 Å². The molecule has 0 saturated carbocycles. The smallest absolute Gasteiger partial charge is 0.178 e. The molecule has 1 aliphatic rings. The molecule has 0 amide bonds. The van der Waals surface area contributed by atoms with Crippen LogP contribution in [0.25, 0.3) is 0 Å². The second-order valence-electron chi connectivity index (χ2n) is 3.61. The van der Waals surface area contributed by atoms with Crippen LogP contribution in [0.2, 0.25) is 0 Å². The van der Waals surface area contributed by atoms with Crippen molar-refractivity contribution in [1.29, 1.82) is 0 Å². The van der Waals surface area contributed by atoms with Gasteiger partial charge >= 0.3 is 0 Å². The second kappa shape index (κ2) is 3.36. The Labute approximate surface area is 82.8 Å². The minimum absolute atomic E-state index is 0.252. The molecule has 1 aromatic heterocycles. The first-order chi connectivity index (χ1) is 6.59. The normalized spacial score (nSPS) is 22.8. The van der Waals surface area contributed by atoms with Gasteiger partial charge in [-0.2, -0.15) is 5.10 Å². The summed E-state index contributed by atoms with van der Waals surface area (Å²) in [6, 6.07) is 0. The average molecular weight is 215 g/mol. The van der Waals surface area contributed by atoms with Crippen molar-refractivity contribution in [2.45, 2.75) is 17.2 Å². The van der Waals surface area contributed by atoms with E-state index in [0.717, 1.165) is 25.2 Å². The number of sulfone groups is 1. The van der Waals surface area contributed by atoms with E-state index in [2.05, 4.69) is 15.5 Å². The first-order valence-electron chi connectivity index (χ1n) is 4.53. The first-order valence-corrected chi connectivity index (χ1v) is 6.42. The molecule has 0 radical (unpaired) electrons. The summed E-state index contributed by atoms with van der Waals surface area (Å²) in [7, 11) is -3.15. The number of H-pyrrole nitrogens is 1. The molecule has 1 saturated heterocycles. The van der Waals surface area contributed by atoms with Crippen LogP contribution in [0.15, 0.2) is 11.1 Å². The van der Waals surface area contributed by atoms with Crippen molar-refractivity contribution in [3.05, 3.63) is 11.9 Å². The van der Waals surface area contributed by atoms with E-state index in [-0.39, 0.29) is 5.92 Å². The van der Waals surface area contributed by atoms with Crippen molar-refractivity contribution >= 4 is 9.84 Å². The highest BCUT2D eigenvalue weighted by molar-refractivity contribution is 7.90. The number of hydrogen-bond donors (Lipinski definition) is 2. The predicted octanol–water partition coefficient (Wildman–Crippen LogP) is -0.110. The van der Waals surface area contributed by atoms with Gasteiger partial charge in [-0.05, 0) is 13.0 Å². The summed E-state index contributed by atoms with van der Waals surface area (Å²) in [6.45, 7) is 1.76. The maximum Gasteiger partial charge on any atom is 0.178 e. The van der Waals surface area contributed by atoms with Gasteiger partial charge in [0.2, 0.25) is 0 Å². The van der Waals surface area contributed by atoms with E-state index in [1.54, 1.807) is 0 Å². The van der Waals surface area contributed by atoms with Crippen LogP contribution in [0.3, 0.4) is 0 Å². The SMILES string of the molecule is CS(=O)(=O)c1cn[nH]c1[C@H]1CCNC1. The van der Waals surface area contributed by atoms with Gasteiger partial charge < -0.3 is 5.32 Å². The summed E-state index contributed by atoms with van der Waals surface area (Å²) in [5.74, 6) is 0.252. The fraction of sp³-hybridized carbons (Fsp3) is 0.625. The topological polar surface area (TPSA) is 74.8 Å². The highest BCUT2D eigenvalue weighted by Gasteiger charge is 2.25. The van der Waals surface area contributed by atoms with Crippen LogP contribution in [0, 0.1) is 0 Å². The Morgan fingerprint density at radius 1 is 1.57 bits per heavy atom. The number of nitrogens with zero attached hydrogens (tertiary/aromatic N) is 1.